The fraction of sp³-hybridized carbons (Fsp3) is 0.167. The minimum Gasteiger partial charge on any atom is -0.497 e. The van der Waals surface area contributed by atoms with Crippen molar-refractivity contribution in [3.05, 3.63) is 64.5 Å². The number of thiocyanates is 1. The van der Waals surface area contributed by atoms with Crippen LogP contribution in [0.3, 0.4) is 0 Å². The molecule has 0 amide bonds. The molecule has 7 heteroatoms. The van der Waals surface area contributed by atoms with Crippen molar-refractivity contribution in [2.45, 2.75) is 17.9 Å². The Hall–Kier alpha value is -2.85. The topological polar surface area (TPSA) is 67.9 Å². The molecule has 0 atom stereocenters. The molecule has 0 bridgehead atoms. The van der Waals surface area contributed by atoms with Gasteiger partial charge in [-0.2, -0.15) is 5.26 Å². The van der Waals surface area contributed by atoms with Crippen LogP contribution in [-0.2, 0) is 13.0 Å². The van der Waals surface area contributed by atoms with Crippen LogP contribution < -0.4 is 10.3 Å². The number of aromatic nitrogens is 2. The summed E-state index contributed by atoms with van der Waals surface area (Å²) in [6, 6.07) is 9.75. The van der Waals surface area contributed by atoms with Crippen LogP contribution in [0.15, 0.2) is 52.4 Å². The van der Waals surface area contributed by atoms with Gasteiger partial charge in [-0.15, -0.1) is 0 Å². The number of nitrogens with zero attached hydrogens (tertiary/aromatic N) is 3. The molecule has 0 aliphatic carbocycles. The van der Waals surface area contributed by atoms with Gasteiger partial charge in [-0.25, -0.2) is 9.37 Å². The lowest BCUT2D eigenvalue weighted by Crippen LogP contribution is -2.21. The Morgan fingerprint density at radius 3 is 2.88 bits per heavy atom. The van der Waals surface area contributed by atoms with Gasteiger partial charge < -0.3 is 4.74 Å². The number of methoxy groups -OCH3 is 1. The molecule has 0 saturated carbocycles. The highest BCUT2D eigenvalue weighted by atomic mass is 32.2. The molecule has 0 aliphatic rings. The Morgan fingerprint density at radius 2 is 2.16 bits per heavy atom. The van der Waals surface area contributed by atoms with E-state index in [1.807, 2.05) is 5.40 Å². The maximum absolute atomic E-state index is 14.0. The summed E-state index contributed by atoms with van der Waals surface area (Å²) in [5.74, 6) is 0.0937. The van der Waals surface area contributed by atoms with Gasteiger partial charge in [-0.3, -0.25) is 9.36 Å². The summed E-state index contributed by atoms with van der Waals surface area (Å²) in [5.41, 5.74) is 0.859. The van der Waals surface area contributed by atoms with Crippen molar-refractivity contribution in [1.29, 1.82) is 5.26 Å². The number of hydrogen-bond acceptors (Lipinski definition) is 5. The largest absolute Gasteiger partial charge is 0.497 e. The van der Waals surface area contributed by atoms with E-state index in [2.05, 4.69) is 4.98 Å². The molecule has 5 nitrogen and oxygen atoms in total. The van der Waals surface area contributed by atoms with E-state index in [1.54, 1.807) is 30.3 Å². The van der Waals surface area contributed by atoms with Crippen LogP contribution in [0, 0.1) is 16.5 Å². The third kappa shape index (κ3) is 3.64. The van der Waals surface area contributed by atoms with Gasteiger partial charge in [-0.1, -0.05) is 6.07 Å². The van der Waals surface area contributed by atoms with Crippen molar-refractivity contribution in [2.75, 3.05) is 7.11 Å². The quantitative estimate of drug-likeness (QED) is 0.518. The number of halogens is 1. The smallest absolute Gasteiger partial charge is 0.261 e. The molecule has 1 aromatic heterocycles. The molecule has 0 fully saturated rings. The number of thioether (sulfide) groups is 1. The maximum atomic E-state index is 14.0. The molecule has 126 valence electrons. The summed E-state index contributed by atoms with van der Waals surface area (Å²) in [4.78, 5) is 17.6. The van der Waals surface area contributed by atoms with E-state index >= 15 is 0 Å². The first kappa shape index (κ1) is 17.0. The molecule has 3 rings (SSSR count). The first-order chi connectivity index (χ1) is 12.1. The Kier molecular flexibility index (Phi) is 5.00. The number of aryl methyl sites for hydroxylation is 2. The number of nitriles is 1. The van der Waals surface area contributed by atoms with Crippen LogP contribution in [0.2, 0.25) is 0 Å². The molecule has 0 aliphatic heterocycles. The van der Waals surface area contributed by atoms with Gasteiger partial charge >= 0.3 is 0 Å². The maximum Gasteiger partial charge on any atom is 0.261 e. The Labute approximate surface area is 147 Å². The predicted octanol–water partition coefficient (Wildman–Crippen LogP) is 3.36. The fourth-order valence-corrected chi connectivity index (χ4v) is 2.92. The van der Waals surface area contributed by atoms with Crippen molar-refractivity contribution >= 4 is 22.7 Å². The highest BCUT2D eigenvalue weighted by Crippen LogP contribution is 2.20. The first-order valence-corrected chi connectivity index (χ1v) is 8.31. The zero-order chi connectivity index (χ0) is 17.8. The van der Waals surface area contributed by atoms with Gasteiger partial charge in [0.05, 0.1) is 24.3 Å². The highest BCUT2D eigenvalue weighted by Gasteiger charge is 2.08. The van der Waals surface area contributed by atoms with Gasteiger partial charge in [0.1, 0.15) is 17.0 Å². The average Bonchev–Trinajstić information content (AvgIpc) is 2.62. The van der Waals surface area contributed by atoms with Gasteiger partial charge in [0.25, 0.3) is 5.56 Å². The zero-order valence-corrected chi connectivity index (χ0v) is 14.2. The second-order valence-electron chi connectivity index (χ2n) is 5.32. The molecule has 1 heterocycles. The van der Waals surface area contributed by atoms with E-state index in [-0.39, 0.29) is 11.4 Å². The van der Waals surface area contributed by atoms with Gasteiger partial charge in [0.15, 0.2) is 0 Å². The minimum absolute atomic E-state index is 0.188. The van der Waals surface area contributed by atoms with Gasteiger partial charge in [-0.05, 0) is 48.0 Å². The van der Waals surface area contributed by atoms with Crippen molar-refractivity contribution < 1.29 is 9.13 Å². The molecule has 0 saturated heterocycles. The van der Waals surface area contributed by atoms with E-state index in [4.69, 9.17) is 10.00 Å². The van der Waals surface area contributed by atoms with Crippen molar-refractivity contribution in [3.8, 4) is 11.2 Å². The third-order valence-corrected chi connectivity index (χ3v) is 4.42. The van der Waals surface area contributed by atoms with Crippen LogP contribution >= 0.6 is 11.8 Å². The standard InChI is InChI=1S/C18H14FN3O2S/c1-24-13-3-2-12(16(19)8-13)6-7-22-11-21-17-9-14(25-10-20)4-5-15(17)18(22)23/h2-5,8-9,11H,6-7H2,1H3. The zero-order valence-electron chi connectivity index (χ0n) is 13.4. The lowest BCUT2D eigenvalue weighted by molar-refractivity contribution is 0.410. The molecular formula is C18H14FN3O2S. The summed E-state index contributed by atoms with van der Waals surface area (Å²) >= 11 is 1.02. The summed E-state index contributed by atoms with van der Waals surface area (Å²) in [6.07, 6.45) is 1.82. The van der Waals surface area contributed by atoms with Crippen LogP contribution in [0.25, 0.3) is 10.9 Å². The van der Waals surface area contributed by atoms with Crippen LogP contribution in [0.1, 0.15) is 5.56 Å². The number of rotatable bonds is 5. The summed E-state index contributed by atoms with van der Waals surface area (Å²) in [6.45, 7) is 0.319. The summed E-state index contributed by atoms with van der Waals surface area (Å²) in [7, 11) is 1.48. The third-order valence-electron chi connectivity index (χ3n) is 3.84. The number of benzene rings is 2. The second-order valence-corrected chi connectivity index (χ2v) is 6.18. The van der Waals surface area contributed by atoms with Gasteiger partial charge in [0, 0.05) is 17.5 Å². The second kappa shape index (κ2) is 7.36. The SMILES string of the molecule is COc1ccc(CCn2cnc3cc(SC#N)ccc3c2=O)c(F)c1. The lowest BCUT2D eigenvalue weighted by atomic mass is 10.1. The van der Waals surface area contributed by atoms with Crippen LogP contribution in [-0.4, -0.2) is 16.7 Å². The molecule has 0 spiro atoms. The predicted molar refractivity (Wildman–Crippen MR) is 94.1 cm³/mol. The Bertz CT molecular complexity index is 1030. The molecule has 0 unspecified atom stereocenters. The summed E-state index contributed by atoms with van der Waals surface area (Å²) in [5, 5.41) is 11.2. The fourth-order valence-electron chi connectivity index (χ4n) is 2.51. The van der Waals surface area contributed by atoms with E-state index in [1.165, 1.54) is 24.1 Å². The van der Waals surface area contributed by atoms with Crippen molar-refractivity contribution in [1.82, 2.24) is 9.55 Å². The summed E-state index contributed by atoms with van der Waals surface area (Å²) < 4.78 is 20.4. The monoisotopic (exact) mass is 355 g/mol. The Balaban J connectivity index is 1.85. The number of fused-ring (bicyclic) bond motifs is 1. The number of ether oxygens (including phenoxy) is 1. The van der Waals surface area contributed by atoms with E-state index < -0.39 is 0 Å². The lowest BCUT2D eigenvalue weighted by Gasteiger charge is -2.09. The highest BCUT2D eigenvalue weighted by molar-refractivity contribution is 8.03. The molecule has 0 N–H and O–H groups in total. The average molecular weight is 355 g/mol. The molecule has 2 aromatic carbocycles. The van der Waals surface area contributed by atoms with Crippen molar-refractivity contribution in [2.24, 2.45) is 0 Å². The first-order valence-electron chi connectivity index (χ1n) is 7.50. The van der Waals surface area contributed by atoms with E-state index in [0.717, 1.165) is 16.7 Å². The molecule has 3 aromatic rings. The minimum atomic E-state index is -0.362. The normalized spacial score (nSPS) is 10.6. The van der Waals surface area contributed by atoms with Gasteiger partial charge in [0.2, 0.25) is 0 Å². The Morgan fingerprint density at radius 1 is 1.32 bits per heavy atom. The number of hydrogen-bond donors (Lipinski definition) is 0. The molecule has 0 radical (unpaired) electrons. The molecular weight excluding hydrogens is 341 g/mol. The van der Waals surface area contributed by atoms with E-state index in [0.29, 0.717) is 35.2 Å². The van der Waals surface area contributed by atoms with Crippen LogP contribution in [0.5, 0.6) is 5.75 Å². The molecule has 25 heavy (non-hydrogen) atoms. The van der Waals surface area contributed by atoms with E-state index in [9.17, 15) is 9.18 Å². The van der Waals surface area contributed by atoms with Crippen LogP contribution in [0.4, 0.5) is 4.39 Å². The van der Waals surface area contributed by atoms with Crippen molar-refractivity contribution in [3.63, 3.8) is 0 Å².